The Hall–Kier alpha value is -0.320. The fraction of sp³-hybridized carbons (Fsp3) is 0.929. The predicted octanol–water partition coefficient (Wildman–Crippen LogP) is 1.44. The van der Waals surface area contributed by atoms with Crippen LogP contribution >= 0.6 is 12.4 Å². The van der Waals surface area contributed by atoms with E-state index in [-0.39, 0.29) is 18.4 Å². The number of ether oxygens (including phenoxy) is 1. The van der Waals surface area contributed by atoms with E-state index in [9.17, 15) is 4.79 Å². The van der Waals surface area contributed by atoms with Crippen LogP contribution in [0.25, 0.3) is 0 Å². The molecule has 1 aliphatic carbocycles. The molecule has 2 aliphatic heterocycles. The molecule has 0 bridgehead atoms. The Morgan fingerprint density at radius 3 is 2.47 bits per heavy atom. The zero-order chi connectivity index (χ0) is 12.4. The minimum atomic E-state index is 0. The highest BCUT2D eigenvalue weighted by molar-refractivity contribution is 5.85. The molecule has 1 amide bonds. The van der Waals surface area contributed by atoms with Gasteiger partial charge in [-0.15, -0.1) is 12.4 Å². The second-order valence-corrected chi connectivity index (χ2v) is 6.03. The molecular weight excluding hydrogens is 264 g/mol. The van der Waals surface area contributed by atoms with Gasteiger partial charge in [0.1, 0.15) is 0 Å². The van der Waals surface area contributed by atoms with Gasteiger partial charge < -0.3 is 15.0 Å². The number of likely N-dealkylation sites (tertiary alicyclic amines) is 1. The van der Waals surface area contributed by atoms with E-state index in [1.54, 1.807) is 0 Å². The third kappa shape index (κ3) is 3.61. The number of hydrogen-bond acceptors (Lipinski definition) is 3. The maximum absolute atomic E-state index is 12.3. The summed E-state index contributed by atoms with van der Waals surface area (Å²) in [5.41, 5.74) is 0. The van der Waals surface area contributed by atoms with Crippen molar-refractivity contribution >= 4 is 18.3 Å². The third-order valence-electron chi connectivity index (χ3n) is 4.75. The van der Waals surface area contributed by atoms with Crippen molar-refractivity contribution in [1.29, 1.82) is 0 Å². The first-order chi connectivity index (χ1) is 8.83. The van der Waals surface area contributed by atoms with E-state index < -0.39 is 0 Å². The molecule has 3 atom stereocenters. The summed E-state index contributed by atoms with van der Waals surface area (Å²) in [6.07, 6.45) is 6.00. The largest absolute Gasteiger partial charge is 0.378 e. The molecule has 3 rings (SSSR count). The first-order valence-electron chi connectivity index (χ1n) is 7.42. The minimum absolute atomic E-state index is 0. The number of hydrogen-bond donors (Lipinski definition) is 1. The van der Waals surface area contributed by atoms with Gasteiger partial charge in [-0.2, -0.15) is 0 Å². The minimum Gasteiger partial charge on any atom is -0.378 e. The number of nitrogens with zero attached hydrogens (tertiary/aromatic N) is 1. The van der Waals surface area contributed by atoms with Gasteiger partial charge >= 0.3 is 0 Å². The molecule has 1 N–H and O–H groups in total. The van der Waals surface area contributed by atoms with Crippen LogP contribution in [0, 0.1) is 11.8 Å². The number of fused-ring (bicyclic) bond motifs is 1. The third-order valence-corrected chi connectivity index (χ3v) is 4.75. The van der Waals surface area contributed by atoms with Gasteiger partial charge in [0.15, 0.2) is 0 Å². The smallest absolute Gasteiger partial charge is 0.224 e. The summed E-state index contributed by atoms with van der Waals surface area (Å²) < 4.78 is 5.41. The van der Waals surface area contributed by atoms with Gasteiger partial charge in [0.05, 0.1) is 13.2 Å². The summed E-state index contributed by atoms with van der Waals surface area (Å²) in [5, 5.41) is 3.36. The SMILES string of the molecule is Cl.O=C(CC1COCCN1)N1CC2CCCCC2C1. The highest BCUT2D eigenvalue weighted by Crippen LogP contribution is 2.36. The Morgan fingerprint density at radius 1 is 1.21 bits per heavy atom. The molecule has 19 heavy (non-hydrogen) atoms. The molecule has 0 aromatic carbocycles. The molecule has 110 valence electrons. The van der Waals surface area contributed by atoms with Crippen molar-refractivity contribution in [3.8, 4) is 0 Å². The van der Waals surface area contributed by atoms with E-state index in [0.717, 1.165) is 38.1 Å². The van der Waals surface area contributed by atoms with E-state index in [1.807, 2.05) is 0 Å². The maximum Gasteiger partial charge on any atom is 0.224 e. The van der Waals surface area contributed by atoms with Crippen LogP contribution in [0.5, 0.6) is 0 Å². The number of rotatable bonds is 2. The molecule has 2 saturated heterocycles. The molecule has 1 saturated carbocycles. The Morgan fingerprint density at radius 2 is 1.89 bits per heavy atom. The normalized spacial score (nSPS) is 34.5. The number of morpholine rings is 1. The maximum atomic E-state index is 12.3. The molecule has 5 heteroatoms. The molecule has 3 aliphatic rings. The first-order valence-corrected chi connectivity index (χ1v) is 7.42. The monoisotopic (exact) mass is 288 g/mol. The van der Waals surface area contributed by atoms with Crippen molar-refractivity contribution in [3.63, 3.8) is 0 Å². The van der Waals surface area contributed by atoms with Gasteiger partial charge in [-0.1, -0.05) is 12.8 Å². The highest BCUT2D eigenvalue weighted by atomic mass is 35.5. The summed E-state index contributed by atoms with van der Waals surface area (Å²) in [7, 11) is 0. The molecule has 0 aromatic rings. The van der Waals surface area contributed by atoms with Gasteiger partial charge in [0, 0.05) is 32.1 Å². The Bertz CT molecular complexity index is 294. The molecule has 3 fully saturated rings. The van der Waals surface area contributed by atoms with Crippen molar-refractivity contribution < 1.29 is 9.53 Å². The average Bonchev–Trinajstić information content (AvgIpc) is 2.84. The van der Waals surface area contributed by atoms with Gasteiger partial charge in [-0.25, -0.2) is 0 Å². The lowest BCUT2D eigenvalue weighted by Gasteiger charge is -2.25. The van der Waals surface area contributed by atoms with Gasteiger partial charge in [-0.3, -0.25) is 4.79 Å². The van der Waals surface area contributed by atoms with E-state index >= 15 is 0 Å². The summed E-state index contributed by atoms with van der Waals surface area (Å²) in [6.45, 7) is 4.36. The number of carbonyl (C=O) groups excluding carboxylic acids is 1. The first kappa shape index (κ1) is 15.1. The Kier molecular flexibility index (Phi) is 5.48. The summed E-state index contributed by atoms with van der Waals surface area (Å²) >= 11 is 0. The lowest BCUT2D eigenvalue weighted by molar-refractivity contribution is -0.131. The number of carbonyl (C=O) groups is 1. The van der Waals surface area contributed by atoms with Crippen LogP contribution in [0.15, 0.2) is 0 Å². The zero-order valence-electron chi connectivity index (χ0n) is 11.5. The highest BCUT2D eigenvalue weighted by Gasteiger charge is 2.36. The molecule has 0 aromatic heterocycles. The van der Waals surface area contributed by atoms with Crippen LogP contribution in [-0.4, -0.2) is 49.7 Å². The lowest BCUT2D eigenvalue weighted by atomic mass is 9.82. The standard InChI is InChI=1S/C14H24N2O2.ClH/c17-14(7-13-10-18-6-5-15-13)16-8-11-3-1-2-4-12(11)9-16;/h11-13,15H,1-10H2;1H. The topological polar surface area (TPSA) is 41.6 Å². The van der Waals surface area contributed by atoms with E-state index in [2.05, 4.69) is 10.2 Å². The fourth-order valence-electron chi connectivity index (χ4n) is 3.70. The predicted molar refractivity (Wildman–Crippen MR) is 76.5 cm³/mol. The van der Waals surface area contributed by atoms with Crippen LogP contribution in [0.3, 0.4) is 0 Å². The van der Waals surface area contributed by atoms with E-state index in [0.29, 0.717) is 18.9 Å². The Balaban J connectivity index is 0.00000133. The van der Waals surface area contributed by atoms with Crippen LogP contribution in [0.4, 0.5) is 0 Å². The van der Waals surface area contributed by atoms with Crippen LogP contribution < -0.4 is 5.32 Å². The van der Waals surface area contributed by atoms with Crippen molar-refractivity contribution in [2.24, 2.45) is 11.8 Å². The van der Waals surface area contributed by atoms with Crippen molar-refractivity contribution in [1.82, 2.24) is 10.2 Å². The summed E-state index contributed by atoms with van der Waals surface area (Å²) in [5.74, 6) is 1.91. The average molecular weight is 289 g/mol. The zero-order valence-corrected chi connectivity index (χ0v) is 12.3. The second-order valence-electron chi connectivity index (χ2n) is 6.03. The summed E-state index contributed by atoms with van der Waals surface area (Å²) in [6, 6.07) is 0.230. The fourth-order valence-corrected chi connectivity index (χ4v) is 3.70. The van der Waals surface area contributed by atoms with Gasteiger partial charge in [-0.05, 0) is 24.7 Å². The van der Waals surface area contributed by atoms with Crippen LogP contribution in [-0.2, 0) is 9.53 Å². The second kappa shape index (κ2) is 6.91. The molecule has 3 unspecified atom stereocenters. The molecule has 2 heterocycles. The van der Waals surface area contributed by atoms with Crippen molar-refractivity contribution in [3.05, 3.63) is 0 Å². The molecule has 4 nitrogen and oxygen atoms in total. The molecule has 0 radical (unpaired) electrons. The van der Waals surface area contributed by atoms with Crippen LogP contribution in [0.2, 0.25) is 0 Å². The van der Waals surface area contributed by atoms with Crippen molar-refractivity contribution in [2.75, 3.05) is 32.8 Å². The van der Waals surface area contributed by atoms with E-state index in [1.165, 1.54) is 25.7 Å². The molecule has 0 spiro atoms. The quantitative estimate of drug-likeness (QED) is 0.836. The van der Waals surface area contributed by atoms with Crippen molar-refractivity contribution in [2.45, 2.75) is 38.1 Å². The lowest BCUT2D eigenvalue weighted by Crippen LogP contribution is -2.44. The number of halogens is 1. The number of amides is 1. The summed E-state index contributed by atoms with van der Waals surface area (Å²) in [4.78, 5) is 14.4. The Labute approximate surface area is 121 Å². The van der Waals surface area contributed by atoms with E-state index in [4.69, 9.17) is 4.74 Å². The number of nitrogens with one attached hydrogen (secondary N) is 1. The molecular formula is C14H25ClN2O2. The van der Waals surface area contributed by atoms with Gasteiger partial charge in [0.2, 0.25) is 5.91 Å². The van der Waals surface area contributed by atoms with Crippen LogP contribution in [0.1, 0.15) is 32.1 Å². The van der Waals surface area contributed by atoms with Gasteiger partial charge in [0.25, 0.3) is 0 Å².